The summed E-state index contributed by atoms with van der Waals surface area (Å²) in [5, 5.41) is 32.1. The second kappa shape index (κ2) is 9.05. The van der Waals surface area contributed by atoms with Crippen LogP contribution in [0.15, 0.2) is 35.5 Å². The summed E-state index contributed by atoms with van der Waals surface area (Å²) >= 11 is 0. The van der Waals surface area contributed by atoms with Crippen LogP contribution in [-0.2, 0) is 9.53 Å². The fourth-order valence-electron chi connectivity index (χ4n) is 2.23. The van der Waals surface area contributed by atoms with E-state index < -0.39 is 0 Å². The minimum atomic E-state index is -0.287. The van der Waals surface area contributed by atoms with Crippen molar-refractivity contribution < 1.29 is 9.53 Å². The van der Waals surface area contributed by atoms with Crippen molar-refractivity contribution in [1.29, 1.82) is 15.8 Å². The van der Waals surface area contributed by atoms with E-state index in [0.29, 0.717) is 31.1 Å². The van der Waals surface area contributed by atoms with Crippen LogP contribution >= 0.6 is 0 Å². The number of rotatable bonds is 5. The van der Waals surface area contributed by atoms with Crippen molar-refractivity contribution in [2.75, 3.05) is 43.5 Å². The summed E-state index contributed by atoms with van der Waals surface area (Å²) in [7, 11) is 0. The number of nitrogens with one attached hydrogen (secondary N) is 2. The van der Waals surface area contributed by atoms with E-state index in [1.807, 2.05) is 4.90 Å². The van der Waals surface area contributed by atoms with Crippen LogP contribution < -0.4 is 10.6 Å². The second-order valence-electron chi connectivity index (χ2n) is 5.22. The molecule has 1 aliphatic rings. The standard InChI is InChI=1S/C17H16N6O2/c18-9-13(10-19)16(11-20)21-14-1-3-15(4-2-14)22-17(24)12-23-5-7-25-8-6-23/h1-4,21H,5-8,12H2,(H,22,24). The summed E-state index contributed by atoms with van der Waals surface area (Å²) in [4.78, 5) is 14.0. The molecule has 0 saturated carbocycles. The Labute approximate surface area is 145 Å². The first-order chi connectivity index (χ1) is 12.2. The molecule has 0 radical (unpaired) electrons. The van der Waals surface area contributed by atoms with Crippen LogP contribution in [-0.4, -0.2) is 43.7 Å². The number of ether oxygens (including phenoxy) is 1. The molecule has 25 heavy (non-hydrogen) atoms. The fraction of sp³-hybridized carbons (Fsp3) is 0.294. The summed E-state index contributed by atoms with van der Waals surface area (Å²) in [5.74, 6) is -0.114. The number of nitriles is 3. The van der Waals surface area contributed by atoms with E-state index in [0.717, 1.165) is 13.1 Å². The minimum Gasteiger partial charge on any atom is -0.379 e. The van der Waals surface area contributed by atoms with Gasteiger partial charge in [-0.15, -0.1) is 0 Å². The largest absolute Gasteiger partial charge is 0.379 e. The van der Waals surface area contributed by atoms with Gasteiger partial charge in [0.05, 0.1) is 19.8 Å². The number of anilines is 2. The molecule has 0 unspecified atom stereocenters. The average molecular weight is 336 g/mol. The first-order valence-corrected chi connectivity index (χ1v) is 7.58. The van der Waals surface area contributed by atoms with E-state index in [-0.39, 0.29) is 17.2 Å². The maximum absolute atomic E-state index is 12.0. The maximum Gasteiger partial charge on any atom is 0.238 e. The number of benzene rings is 1. The summed E-state index contributed by atoms with van der Waals surface area (Å²) in [5.41, 5.74) is 0.748. The lowest BCUT2D eigenvalue weighted by Gasteiger charge is -2.25. The van der Waals surface area contributed by atoms with Gasteiger partial charge in [-0.3, -0.25) is 9.69 Å². The van der Waals surface area contributed by atoms with Crippen molar-refractivity contribution in [3.8, 4) is 18.2 Å². The lowest BCUT2D eigenvalue weighted by Crippen LogP contribution is -2.41. The van der Waals surface area contributed by atoms with Gasteiger partial charge < -0.3 is 15.4 Å². The van der Waals surface area contributed by atoms with Gasteiger partial charge in [-0.05, 0) is 24.3 Å². The molecule has 1 aromatic carbocycles. The van der Waals surface area contributed by atoms with E-state index in [1.165, 1.54) is 0 Å². The monoisotopic (exact) mass is 336 g/mol. The molecule has 1 heterocycles. The molecule has 1 aliphatic heterocycles. The Morgan fingerprint density at radius 2 is 1.56 bits per heavy atom. The highest BCUT2D eigenvalue weighted by molar-refractivity contribution is 5.92. The lowest BCUT2D eigenvalue weighted by molar-refractivity contribution is -0.118. The summed E-state index contributed by atoms with van der Waals surface area (Å²) in [6.07, 6.45) is 0. The van der Waals surface area contributed by atoms with Crippen LogP contribution in [0.4, 0.5) is 11.4 Å². The number of carbonyl (C=O) groups excluding carboxylic acids is 1. The smallest absolute Gasteiger partial charge is 0.238 e. The molecule has 126 valence electrons. The zero-order valence-corrected chi connectivity index (χ0v) is 13.5. The second-order valence-corrected chi connectivity index (χ2v) is 5.22. The molecule has 1 saturated heterocycles. The molecular formula is C17H16N6O2. The normalized spacial score (nSPS) is 13.6. The molecule has 1 amide bonds. The van der Waals surface area contributed by atoms with Gasteiger partial charge in [0, 0.05) is 24.5 Å². The highest BCUT2D eigenvalue weighted by Crippen LogP contribution is 2.16. The zero-order chi connectivity index (χ0) is 18.1. The molecule has 0 aliphatic carbocycles. The SMILES string of the molecule is N#CC(C#N)=C(C#N)Nc1ccc(NC(=O)CN2CCOCC2)cc1. The predicted molar refractivity (Wildman–Crippen MR) is 89.8 cm³/mol. The van der Waals surface area contributed by atoms with Gasteiger partial charge in [0.15, 0.2) is 5.57 Å². The Morgan fingerprint density at radius 3 is 2.08 bits per heavy atom. The van der Waals surface area contributed by atoms with Gasteiger partial charge in [0.2, 0.25) is 5.91 Å². The fourth-order valence-corrected chi connectivity index (χ4v) is 2.23. The number of allylic oxidation sites excluding steroid dienone is 2. The van der Waals surface area contributed by atoms with Gasteiger partial charge in [0.1, 0.15) is 23.9 Å². The third kappa shape index (κ3) is 5.33. The van der Waals surface area contributed by atoms with Crippen molar-refractivity contribution in [2.45, 2.75) is 0 Å². The van der Waals surface area contributed by atoms with E-state index >= 15 is 0 Å². The number of amides is 1. The third-order valence-electron chi connectivity index (χ3n) is 3.49. The maximum atomic E-state index is 12.0. The summed E-state index contributed by atoms with van der Waals surface area (Å²) < 4.78 is 5.24. The average Bonchev–Trinajstić information content (AvgIpc) is 2.64. The lowest BCUT2D eigenvalue weighted by atomic mass is 10.2. The Balaban J connectivity index is 1.94. The van der Waals surface area contributed by atoms with Gasteiger partial charge >= 0.3 is 0 Å². The zero-order valence-electron chi connectivity index (χ0n) is 13.5. The Morgan fingerprint density at radius 1 is 1.00 bits per heavy atom. The van der Waals surface area contributed by atoms with Crippen LogP contribution in [0.3, 0.4) is 0 Å². The van der Waals surface area contributed by atoms with Crippen LogP contribution in [0.25, 0.3) is 0 Å². The minimum absolute atomic E-state index is 0.114. The summed E-state index contributed by atoms with van der Waals surface area (Å²) in [6.45, 7) is 3.04. The molecule has 8 nitrogen and oxygen atoms in total. The van der Waals surface area contributed by atoms with E-state index in [2.05, 4.69) is 10.6 Å². The highest BCUT2D eigenvalue weighted by Gasteiger charge is 2.14. The summed E-state index contributed by atoms with van der Waals surface area (Å²) in [6, 6.07) is 11.7. The van der Waals surface area contributed by atoms with E-state index in [4.69, 9.17) is 20.5 Å². The van der Waals surface area contributed by atoms with Crippen LogP contribution in [0, 0.1) is 34.0 Å². The predicted octanol–water partition coefficient (Wildman–Crippen LogP) is 1.19. The number of nitrogens with zero attached hydrogens (tertiary/aromatic N) is 4. The molecule has 8 heteroatoms. The van der Waals surface area contributed by atoms with Crippen molar-refractivity contribution in [2.24, 2.45) is 0 Å². The van der Waals surface area contributed by atoms with Crippen molar-refractivity contribution in [3.63, 3.8) is 0 Å². The van der Waals surface area contributed by atoms with Crippen LogP contribution in [0.1, 0.15) is 0 Å². The van der Waals surface area contributed by atoms with Crippen LogP contribution in [0.5, 0.6) is 0 Å². The quantitative estimate of drug-likeness (QED) is 0.774. The molecule has 2 N–H and O–H groups in total. The van der Waals surface area contributed by atoms with Gasteiger partial charge in [-0.25, -0.2) is 0 Å². The van der Waals surface area contributed by atoms with Crippen molar-refractivity contribution in [3.05, 3.63) is 35.5 Å². The number of carbonyl (C=O) groups is 1. The van der Waals surface area contributed by atoms with E-state index in [1.54, 1.807) is 42.5 Å². The molecule has 0 atom stereocenters. The highest BCUT2D eigenvalue weighted by atomic mass is 16.5. The van der Waals surface area contributed by atoms with E-state index in [9.17, 15) is 4.79 Å². The first-order valence-electron chi connectivity index (χ1n) is 7.58. The van der Waals surface area contributed by atoms with Crippen molar-refractivity contribution >= 4 is 17.3 Å². The van der Waals surface area contributed by atoms with Gasteiger partial charge in [-0.2, -0.15) is 15.8 Å². The molecule has 1 fully saturated rings. The molecule has 2 rings (SSSR count). The molecule has 1 aromatic rings. The molecular weight excluding hydrogens is 320 g/mol. The Hall–Kier alpha value is -3.38. The number of hydrogen-bond acceptors (Lipinski definition) is 7. The Kier molecular flexibility index (Phi) is 6.50. The first kappa shape index (κ1) is 18.0. The Bertz CT molecular complexity index is 757. The molecule has 0 spiro atoms. The topological polar surface area (TPSA) is 125 Å². The molecule has 0 aromatic heterocycles. The van der Waals surface area contributed by atoms with Gasteiger partial charge in [0.25, 0.3) is 0 Å². The number of morpholine rings is 1. The third-order valence-corrected chi connectivity index (χ3v) is 3.49. The molecule has 0 bridgehead atoms. The van der Waals surface area contributed by atoms with Crippen molar-refractivity contribution in [1.82, 2.24) is 4.90 Å². The van der Waals surface area contributed by atoms with Crippen LogP contribution in [0.2, 0.25) is 0 Å². The van der Waals surface area contributed by atoms with Gasteiger partial charge in [-0.1, -0.05) is 0 Å². The number of hydrogen-bond donors (Lipinski definition) is 2.